The van der Waals surface area contributed by atoms with Crippen molar-refractivity contribution in [2.24, 2.45) is 0 Å². The van der Waals surface area contributed by atoms with Crippen LogP contribution >= 0.6 is 0 Å². The second kappa shape index (κ2) is 4.15. The van der Waals surface area contributed by atoms with Crippen molar-refractivity contribution in [3.05, 3.63) is 35.1 Å². The molecule has 0 radical (unpaired) electrons. The Morgan fingerprint density at radius 3 is 1.86 bits per heavy atom. The van der Waals surface area contributed by atoms with Gasteiger partial charge in [0, 0.05) is 16.5 Å². The fraction of sp³-hybridized carbons (Fsp3) is 0.111. The molecule has 0 fully saturated rings. The molecule has 0 aliphatic carbocycles. The van der Waals surface area contributed by atoms with Crippen molar-refractivity contribution in [2.75, 3.05) is 12.8 Å². The van der Waals surface area contributed by atoms with E-state index in [2.05, 4.69) is 0 Å². The average molecular weight is 213 g/mol. The molecule has 0 saturated carbocycles. The summed E-state index contributed by atoms with van der Waals surface area (Å²) in [6.45, 7) is 0. The summed E-state index contributed by atoms with van der Waals surface area (Å²) in [6.07, 6.45) is 0. The van der Waals surface area contributed by atoms with Gasteiger partial charge in [-0.1, -0.05) is 0 Å². The van der Waals surface area contributed by atoms with Crippen molar-refractivity contribution in [2.45, 2.75) is 0 Å². The smallest absolute Gasteiger partial charge is 0.194 e. The van der Waals surface area contributed by atoms with E-state index in [1.807, 2.05) is 12.1 Å². The van der Waals surface area contributed by atoms with E-state index < -0.39 is 9.84 Å². The van der Waals surface area contributed by atoms with Gasteiger partial charge in [-0.3, -0.25) is 0 Å². The summed E-state index contributed by atoms with van der Waals surface area (Å²) >= 11 is 0. The summed E-state index contributed by atoms with van der Waals surface area (Å²) in [5.41, 5.74) is 6.19. The van der Waals surface area contributed by atoms with Crippen LogP contribution < -0.4 is 10.5 Å². The third kappa shape index (κ3) is 3.95. The quantitative estimate of drug-likeness (QED) is 0.711. The molecule has 2 rings (SSSR count). The Morgan fingerprint density at radius 1 is 1.14 bits per heavy atom. The Hall–Kier alpha value is -1.49. The van der Waals surface area contributed by atoms with Gasteiger partial charge in [-0.25, -0.2) is 8.42 Å². The molecule has 0 aromatic heterocycles. The zero-order valence-electron chi connectivity index (χ0n) is 7.67. The molecule has 1 aliphatic rings. The first-order valence-electron chi connectivity index (χ1n) is 3.86. The topological polar surface area (TPSA) is 69.4 Å². The van der Waals surface area contributed by atoms with Crippen LogP contribution in [0.5, 0.6) is 5.75 Å². The van der Waals surface area contributed by atoms with Crippen LogP contribution in [0.15, 0.2) is 35.1 Å². The number of ether oxygens (including phenoxy) is 1. The molecule has 2 N–H and O–H groups in total. The van der Waals surface area contributed by atoms with Crippen LogP contribution in [-0.2, 0) is 9.84 Å². The summed E-state index contributed by atoms with van der Waals surface area (Å²) in [5, 5.41) is 2.32. The summed E-state index contributed by atoms with van der Waals surface area (Å²) in [5.74, 6) is 0.837. The molecule has 76 valence electrons. The lowest BCUT2D eigenvalue weighted by Crippen LogP contribution is -1.84. The fourth-order valence-corrected chi connectivity index (χ4v) is 1.01. The van der Waals surface area contributed by atoms with Crippen LogP contribution in [0.25, 0.3) is 0 Å². The number of hydrogen-bond acceptors (Lipinski definition) is 4. The van der Waals surface area contributed by atoms with Crippen molar-refractivity contribution in [3.63, 3.8) is 0 Å². The number of anilines is 1. The van der Waals surface area contributed by atoms with Crippen molar-refractivity contribution in [1.82, 2.24) is 0 Å². The molecule has 5 heteroatoms. The standard InChI is InChI=1S/C7H9NO.C2H2O2S/c1-9-7-4-2-6(8)3-5-7;3-5(4)1-2-5/h2-5H,8H2,1H3;1-2H. The minimum absolute atomic E-state index is 0.760. The third-order valence-electron chi connectivity index (χ3n) is 1.47. The lowest BCUT2D eigenvalue weighted by Gasteiger charge is -1.97. The van der Waals surface area contributed by atoms with E-state index in [1.165, 1.54) is 0 Å². The molecule has 0 atom stereocenters. The number of rotatable bonds is 1. The van der Waals surface area contributed by atoms with E-state index in [4.69, 9.17) is 10.5 Å². The van der Waals surface area contributed by atoms with Gasteiger partial charge in [0.05, 0.1) is 7.11 Å². The second-order valence-electron chi connectivity index (χ2n) is 2.63. The van der Waals surface area contributed by atoms with Crippen LogP contribution in [0.4, 0.5) is 5.69 Å². The molecular weight excluding hydrogens is 202 g/mol. The van der Waals surface area contributed by atoms with Crippen LogP contribution in [0.2, 0.25) is 0 Å². The van der Waals surface area contributed by atoms with Crippen molar-refractivity contribution < 1.29 is 13.2 Å². The van der Waals surface area contributed by atoms with Gasteiger partial charge < -0.3 is 10.5 Å². The SMILES string of the molecule is COc1ccc(N)cc1.O=S1(=O)C=C1. The third-order valence-corrected chi connectivity index (χ3v) is 2.19. The fourth-order valence-electron chi connectivity index (χ4n) is 0.649. The molecule has 1 aliphatic heterocycles. The number of sulfone groups is 1. The maximum Gasteiger partial charge on any atom is 0.194 e. The zero-order valence-corrected chi connectivity index (χ0v) is 8.49. The van der Waals surface area contributed by atoms with Gasteiger partial charge in [0.2, 0.25) is 0 Å². The average Bonchev–Trinajstić information content (AvgIpc) is 2.84. The van der Waals surface area contributed by atoms with Gasteiger partial charge >= 0.3 is 0 Å². The monoisotopic (exact) mass is 213 g/mol. The first-order chi connectivity index (χ1) is 6.53. The van der Waals surface area contributed by atoms with Gasteiger partial charge in [0.15, 0.2) is 9.84 Å². The molecule has 1 aromatic carbocycles. The van der Waals surface area contributed by atoms with Gasteiger partial charge in [-0.05, 0) is 24.3 Å². The first-order valence-corrected chi connectivity index (χ1v) is 5.47. The number of benzene rings is 1. The Kier molecular flexibility index (Phi) is 3.14. The van der Waals surface area contributed by atoms with Crippen LogP contribution in [0.3, 0.4) is 0 Å². The molecule has 14 heavy (non-hydrogen) atoms. The Bertz CT molecular complexity index is 392. The number of hydrogen-bond donors (Lipinski definition) is 1. The Balaban J connectivity index is 0.000000165. The van der Waals surface area contributed by atoms with E-state index >= 15 is 0 Å². The molecule has 1 heterocycles. The normalized spacial score (nSPS) is 15.2. The minimum Gasteiger partial charge on any atom is -0.497 e. The summed E-state index contributed by atoms with van der Waals surface area (Å²) < 4.78 is 24.2. The molecule has 0 spiro atoms. The second-order valence-corrected chi connectivity index (χ2v) is 4.36. The predicted octanol–water partition coefficient (Wildman–Crippen LogP) is 1.16. The highest BCUT2D eigenvalue weighted by Crippen LogP contribution is 2.11. The van der Waals surface area contributed by atoms with Crippen molar-refractivity contribution in [3.8, 4) is 5.75 Å². The molecule has 0 bridgehead atoms. The minimum atomic E-state index is -2.67. The lowest BCUT2D eigenvalue weighted by atomic mass is 10.3. The summed E-state index contributed by atoms with van der Waals surface area (Å²) in [4.78, 5) is 0. The van der Waals surface area contributed by atoms with Crippen LogP contribution in [0.1, 0.15) is 0 Å². The highest BCUT2D eigenvalue weighted by atomic mass is 32.2. The molecule has 4 nitrogen and oxygen atoms in total. The van der Waals surface area contributed by atoms with Gasteiger partial charge in [-0.2, -0.15) is 0 Å². The maximum atomic E-state index is 9.63. The van der Waals surface area contributed by atoms with Crippen molar-refractivity contribution >= 4 is 15.5 Å². The Morgan fingerprint density at radius 2 is 1.57 bits per heavy atom. The van der Waals surface area contributed by atoms with E-state index in [0.29, 0.717) is 0 Å². The van der Waals surface area contributed by atoms with Crippen LogP contribution in [0, 0.1) is 0 Å². The highest BCUT2D eigenvalue weighted by Gasteiger charge is 2.11. The highest BCUT2D eigenvalue weighted by molar-refractivity contribution is 8.03. The number of nitrogens with two attached hydrogens (primary N) is 1. The van der Waals surface area contributed by atoms with Gasteiger partial charge in [0.25, 0.3) is 0 Å². The molecule has 1 aromatic rings. The first kappa shape index (κ1) is 10.6. The molecule has 0 saturated heterocycles. The van der Waals surface area contributed by atoms with E-state index in [-0.39, 0.29) is 0 Å². The van der Waals surface area contributed by atoms with E-state index in [0.717, 1.165) is 22.3 Å². The van der Waals surface area contributed by atoms with Gasteiger partial charge in [0.1, 0.15) is 5.75 Å². The Labute approximate surface area is 82.9 Å². The summed E-state index contributed by atoms with van der Waals surface area (Å²) in [6, 6.07) is 7.27. The van der Waals surface area contributed by atoms with Crippen molar-refractivity contribution in [1.29, 1.82) is 0 Å². The van der Waals surface area contributed by atoms with E-state index in [1.54, 1.807) is 19.2 Å². The molecular formula is C9H11NO3S. The lowest BCUT2D eigenvalue weighted by molar-refractivity contribution is 0.415. The predicted molar refractivity (Wildman–Crippen MR) is 55.5 cm³/mol. The number of nitrogen functional groups attached to an aromatic ring is 1. The zero-order chi connectivity index (χ0) is 10.6. The molecule has 0 amide bonds. The van der Waals surface area contributed by atoms with E-state index in [9.17, 15) is 8.42 Å². The molecule has 0 unspecified atom stereocenters. The number of methoxy groups -OCH3 is 1. The largest absolute Gasteiger partial charge is 0.497 e. The van der Waals surface area contributed by atoms with Crippen LogP contribution in [-0.4, -0.2) is 15.5 Å². The van der Waals surface area contributed by atoms with Gasteiger partial charge in [-0.15, -0.1) is 0 Å². The summed E-state index contributed by atoms with van der Waals surface area (Å²) in [7, 11) is -1.04. The maximum absolute atomic E-state index is 9.63.